The summed E-state index contributed by atoms with van der Waals surface area (Å²) in [6.07, 6.45) is -0.690. The molecule has 0 aromatic heterocycles. The third kappa shape index (κ3) is 4.56. The molecule has 9 heteroatoms. The maximum atomic E-state index is 13.4. The minimum atomic E-state index is -1.05. The van der Waals surface area contributed by atoms with Gasteiger partial charge in [-0.15, -0.1) is 0 Å². The Morgan fingerprint density at radius 2 is 1.45 bits per heavy atom. The Morgan fingerprint density at radius 1 is 0.839 bits per heavy atom. The Morgan fingerprint density at radius 3 is 2.10 bits per heavy atom. The van der Waals surface area contributed by atoms with Crippen LogP contribution in [0.5, 0.6) is 0 Å². The van der Waals surface area contributed by atoms with Crippen molar-refractivity contribution in [3.63, 3.8) is 0 Å². The zero-order valence-electron chi connectivity index (χ0n) is 16.7. The van der Waals surface area contributed by atoms with Crippen LogP contribution >= 0.6 is 11.6 Å². The van der Waals surface area contributed by atoms with Crippen LogP contribution < -0.4 is 0 Å². The standard InChI is InChI=1S/C22H22ClF2N3O3/c23-16-4-1-14(2-5-16)21(30)28-12-19(20(29)13-28)26-7-9-27(10-8-26)22(31)15-3-6-17(24)18(25)11-15/h1-6,11,19-20,29H,7-10,12-13H2/t19-,20-/m0/s1. The molecule has 0 aliphatic carbocycles. The highest BCUT2D eigenvalue weighted by molar-refractivity contribution is 6.30. The lowest BCUT2D eigenvalue weighted by molar-refractivity contribution is 0.0376. The minimum absolute atomic E-state index is 0.105. The van der Waals surface area contributed by atoms with E-state index in [2.05, 4.69) is 4.90 Å². The Balaban J connectivity index is 1.35. The van der Waals surface area contributed by atoms with E-state index < -0.39 is 17.7 Å². The first kappa shape index (κ1) is 21.7. The van der Waals surface area contributed by atoms with E-state index in [9.17, 15) is 23.5 Å². The topological polar surface area (TPSA) is 64.1 Å². The molecule has 0 unspecified atom stereocenters. The van der Waals surface area contributed by atoms with Gasteiger partial charge < -0.3 is 14.9 Å². The number of hydrogen-bond donors (Lipinski definition) is 1. The Kier molecular flexibility index (Phi) is 6.22. The molecule has 2 aromatic carbocycles. The molecule has 1 N–H and O–H groups in total. The van der Waals surface area contributed by atoms with Gasteiger partial charge in [0.25, 0.3) is 11.8 Å². The maximum Gasteiger partial charge on any atom is 0.254 e. The second-order valence-electron chi connectivity index (χ2n) is 7.81. The summed E-state index contributed by atoms with van der Waals surface area (Å²) in [5.41, 5.74) is 0.618. The van der Waals surface area contributed by atoms with Crippen LogP contribution in [-0.4, -0.2) is 83.0 Å². The van der Waals surface area contributed by atoms with Crippen molar-refractivity contribution in [3.8, 4) is 0 Å². The van der Waals surface area contributed by atoms with E-state index in [4.69, 9.17) is 11.6 Å². The van der Waals surface area contributed by atoms with Gasteiger partial charge in [-0.3, -0.25) is 14.5 Å². The number of piperazine rings is 1. The summed E-state index contributed by atoms with van der Waals surface area (Å²) in [6, 6.07) is 9.53. The number of aliphatic hydroxyl groups is 1. The van der Waals surface area contributed by atoms with E-state index >= 15 is 0 Å². The molecule has 0 spiro atoms. The van der Waals surface area contributed by atoms with E-state index in [0.29, 0.717) is 43.3 Å². The van der Waals surface area contributed by atoms with E-state index in [0.717, 1.165) is 12.1 Å². The molecule has 164 valence electrons. The number of carbonyl (C=O) groups excluding carboxylic acids is 2. The first-order valence-corrected chi connectivity index (χ1v) is 10.4. The maximum absolute atomic E-state index is 13.4. The number of likely N-dealkylation sites (tertiary alicyclic amines) is 1. The van der Waals surface area contributed by atoms with E-state index in [1.54, 1.807) is 34.1 Å². The molecule has 2 fully saturated rings. The molecule has 2 aromatic rings. The normalized spacial score (nSPS) is 22.1. The third-order valence-corrected chi connectivity index (χ3v) is 6.13. The third-order valence-electron chi connectivity index (χ3n) is 5.87. The van der Waals surface area contributed by atoms with Crippen LogP contribution in [0.3, 0.4) is 0 Å². The number of carbonyl (C=O) groups is 2. The Labute approximate surface area is 183 Å². The molecular formula is C22H22ClF2N3O3. The van der Waals surface area contributed by atoms with Gasteiger partial charge in [0.2, 0.25) is 0 Å². The van der Waals surface area contributed by atoms with Crippen molar-refractivity contribution < 1.29 is 23.5 Å². The fourth-order valence-electron chi connectivity index (χ4n) is 4.14. The summed E-state index contributed by atoms with van der Waals surface area (Å²) in [5, 5.41) is 11.1. The number of benzene rings is 2. The van der Waals surface area contributed by atoms with Crippen LogP contribution in [0.4, 0.5) is 8.78 Å². The summed E-state index contributed by atoms with van der Waals surface area (Å²) >= 11 is 5.88. The Hall–Kier alpha value is -2.55. The van der Waals surface area contributed by atoms with Crippen molar-refractivity contribution >= 4 is 23.4 Å². The SMILES string of the molecule is O=C(c1ccc(F)c(F)c1)N1CCN([C@H]2CN(C(=O)c3ccc(Cl)cc3)C[C@@H]2O)CC1. The molecule has 0 radical (unpaired) electrons. The monoisotopic (exact) mass is 449 g/mol. The number of nitrogens with zero attached hydrogens (tertiary/aromatic N) is 3. The van der Waals surface area contributed by atoms with Crippen molar-refractivity contribution in [2.24, 2.45) is 0 Å². The Bertz CT molecular complexity index is 980. The average Bonchev–Trinajstić information content (AvgIpc) is 3.17. The molecule has 2 atom stereocenters. The number of rotatable bonds is 3. The molecule has 31 heavy (non-hydrogen) atoms. The molecule has 2 saturated heterocycles. The largest absolute Gasteiger partial charge is 0.390 e. The van der Waals surface area contributed by atoms with E-state index in [1.807, 2.05) is 0 Å². The van der Waals surface area contributed by atoms with Gasteiger partial charge in [-0.05, 0) is 42.5 Å². The van der Waals surface area contributed by atoms with Crippen LogP contribution in [0.1, 0.15) is 20.7 Å². The summed E-state index contributed by atoms with van der Waals surface area (Å²) in [7, 11) is 0. The molecule has 4 rings (SSSR count). The highest BCUT2D eigenvalue weighted by Gasteiger charge is 2.39. The average molecular weight is 450 g/mol. The van der Waals surface area contributed by atoms with Gasteiger partial charge in [-0.1, -0.05) is 11.6 Å². The molecule has 0 saturated carbocycles. The predicted octanol–water partition coefficient (Wildman–Crippen LogP) is 2.26. The lowest BCUT2D eigenvalue weighted by Crippen LogP contribution is -2.54. The van der Waals surface area contributed by atoms with Crippen LogP contribution in [0.2, 0.25) is 5.02 Å². The first-order valence-electron chi connectivity index (χ1n) is 10.0. The zero-order chi connectivity index (χ0) is 22.1. The lowest BCUT2D eigenvalue weighted by Gasteiger charge is -2.38. The number of β-amino-alcohol motifs (C(OH)–C–C–N with tert-alkyl or cyclic N) is 1. The predicted molar refractivity (Wildman–Crippen MR) is 111 cm³/mol. The van der Waals surface area contributed by atoms with Crippen LogP contribution in [0, 0.1) is 11.6 Å². The summed E-state index contributed by atoms with van der Waals surface area (Å²) < 4.78 is 26.6. The fourth-order valence-corrected chi connectivity index (χ4v) is 4.26. The van der Waals surface area contributed by atoms with Gasteiger partial charge in [0.15, 0.2) is 11.6 Å². The molecule has 2 aliphatic rings. The summed E-state index contributed by atoms with van der Waals surface area (Å²) in [6.45, 7) is 2.44. The fraction of sp³-hybridized carbons (Fsp3) is 0.364. The first-order chi connectivity index (χ1) is 14.8. The number of amides is 2. The molecule has 0 bridgehead atoms. The van der Waals surface area contributed by atoms with Gasteiger partial charge in [-0.25, -0.2) is 8.78 Å². The molecule has 2 heterocycles. The van der Waals surface area contributed by atoms with Crippen molar-refractivity contribution in [2.75, 3.05) is 39.3 Å². The van der Waals surface area contributed by atoms with Crippen molar-refractivity contribution in [1.29, 1.82) is 0 Å². The second-order valence-corrected chi connectivity index (χ2v) is 8.25. The smallest absolute Gasteiger partial charge is 0.254 e. The van der Waals surface area contributed by atoms with Gasteiger partial charge in [0.05, 0.1) is 12.1 Å². The van der Waals surface area contributed by atoms with E-state index in [-0.39, 0.29) is 30.0 Å². The molecule has 2 amide bonds. The summed E-state index contributed by atoms with van der Waals surface area (Å²) in [5.74, 6) is -2.56. The zero-order valence-corrected chi connectivity index (χ0v) is 17.4. The van der Waals surface area contributed by atoms with Crippen molar-refractivity contribution in [3.05, 3.63) is 70.2 Å². The van der Waals surface area contributed by atoms with Gasteiger partial charge in [0, 0.05) is 55.4 Å². The van der Waals surface area contributed by atoms with Crippen molar-refractivity contribution in [2.45, 2.75) is 12.1 Å². The highest BCUT2D eigenvalue weighted by atomic mass is 35.5. The van der Waals surface area contributed by atoms with Crippen LogP contribution in [0.25, 0.3) is 0 Å². The highest BCUT2D eigenvalue weighted by Crippen LogP contribution is 2.22. The number of hydrogen-bond acceptors (Lipinski definition) is 4. The minimum Gasteiger partial charge on any atom is -0.390 e. The number of aliphatic hydroxyl groups excluding tert-OH is 1. The van der Waals surface area contributed by atoms with Crippen molar-refractivity contribution in [1.82, 2.24) is 14.7 Å². The molecular weight excluding hydrogens is 428 g/mol. The van der Waals surface area contributed by atoms with Gasteiger partial charge in [0.1, 0.15) is 0 Å². The number of halogens is 3. The molecule has 2 aliphatic heterocycles. The second kappa shape index (κ2) is 8.90. The summed E-state index contributed by atoms with van der Waals surface area (Å²) in [4.78, 5) is 30.6. The lowest BCUT2D eigenvalue weighted by atomic mass is 10.1. The van der Waals surface area contributed by atoms with E-state index in [1.165, 1.54) is 6.07 Å². The van der Waals surface area contributed by atoms with Gasteiger partial charge in [-0.2, -0.15) is 0 Å². The van der Waals surface area contributed by atoms with Crippen LogP contribution in [0.15, 0.2) is 42.5 Å². The van der Waals surface area contributed by atoms with Crippen LogP contribution in [-0.2, 0) is 0 Å². The quantitative estimate of drug-likeness (QED) is 0.780. The molecule has 6 nitrogen and oxygen atoms in total. The van der Waals surface area contributed by atoms with Gasteiger partial charge >= 0.3 is 0 Å².